The summed E-state index contributed by atoms with van der Waals surface area (Å²) in [7, 11) is 0. The van der Waals surface area contributed by atoms with Gasteiger partial charge < -0.3 is 0 Å². The second-order valence-electron chi connectivity index (χ2n) is 4.06. The van der Waals surface area contributed by atoms with Crippen LogP contribution in [0.5, 0.6) is 0 Å². The number of rotatable bonds is 2. The van der Waals surface area contributed by atoms with Gasteiger partial charge in [-0.05, 0) is 62.9 Å². The molecule has 0 unspecified atom stereocenters. The normalized spacial score (nSPS) is 10.5. The summed E-state index contributed by atoms with van der Waals surface area (Å²) in [4.78, 5) is 1.32. The fourth-order valence-electron chi connectivity index (χ4n) is 1.91. The van der Waals surface area contributed by atoms with E-state index in [0.717, 1.165) is 0 Å². The molecule has 3 rings (SSSR count). The molecule has 0 bridgehead atoms. The van der Waals surface area contributed by atoms with E-state index in [9.17, 15) is 0 Å². The van der Waals surface area contributed by atoms with Gasteiger partial charge in [0.15, 0.2) is 0 Å². The predicted molar refractivity (Wildman–Crippen MR) is 87.9 cm³/mol. The first kappa shape index (κ1) is 11.9. The Morgan fingerprint density at radius 3 is 1.78 bits per heavy atom. The van der Waals surface area contributed by atoms with Crippen LogP contribution in [0, 0.1) is 3.57 Å². The average molecular weight is 362 g/mol. The first-order chi connectivity index (χ1) is 8.83. The summed E-state index contributed by atoms with van der Waals surface area (Å²) in [5, 5.41) is 2.11. The van der Waals surface area contributed by atoms with Crippen molar-refractivity contribution in [3.63, 3.8) is 0 Å². The Balaban J connectivity index is 1.94. The van der Waals surface area contributed by atoms with Crippen molar-refractivity contribution in [2.75, 3.05) is 0 Å². The molecule has 88 valence electrons. The highest BCUT2D eigenvalue weighted by Gasteiger charge is 2.00. The molecule has 0 fully saturated rings. The number of hydrogen-bond acceptors (Lipinski definition) is 1. The minimum absolute atomic E-state index is 1.27. The van der Waals surface area contributed by atoms with Gasteiger partial charge in [-0.2, -0.15) is 0 Å². The highest BCUT2D eigenvalue weighted by molar-refractivity contribution is 14.1. The van der Waals surface area contributed by atoms with Crippen molar-refractivity contribution in [1.82, 2.24) is 0 Å². The molecule has 0 nitrogen and oxygen atoms in total. The molecule has 0 saturated heterocycles. The van der Waals surface area contributed by atoms with E-state index in [1.807, 2.05) is 0 Å². The minimum Gasteiger partial charge on any atom is -0.144 e. The molecule has 1 heterocycles. The van der Waals surface area contributed by atoms with Crippen molar-refractivity contribution >= 4 is 33.9 Å². The van der Waals surface area contributed by atoms with Gasteiger partial charge in [0.1, 0.15) is 0 Å². The molecule has 2 heteroatoms. The van der Waals surface area contributed by atoms with E-state index in [4.69, 9.17) is 0 Å². The molecule has 0 spiro atoms. The number of thiophene rings is 1. The summed E-state index contributed by atoms with van der Waals surface area (Å²) in [6, 6.07) is 21.6. The fourth-order valence-corrected chi connectivity index (χ4v) is 3.00. The van der Waals surface area contributed by atoms with Gasteiger partial charge in [-0.15, -0.1) is 11.3 Å². The van der Waals surface area contributed by atoms with Crippen LogP contribution < -0.4 is 0 Å². The molecule has 0 aliphatic heterocycles. The van der Waals surface area contributed by atoms with Crippen molar-refractivity contribution < 1.29 is 0 Å². The van der Waals surface area contributed by atoms with E-state index in [1.54, 1.807) is 11.3 Å². The van der Waals surface area contributed by atoms with Gasteiger partial charge in [0.05, 0.1) is 0 Å². The maximum atomic E-state index is 2.33. The van der Waals surface area contributed by atoms with Crippen molar-refractivity contribution in [3.05, 3.63) is 69.6 Å². The largest absolute Gasteiger partial charge is 0.144 e. The average Bonchev–Trinajstić information content (AvgIpc) is 2.94. The Bertz CT molecular complexity index is 622. The Hall–Kier alpha value is -1.13. The molecule has 1 aromatic heterocycles. The second kappa shape index (κ2) is 5.24. The van der Waals surface area contributed by atoms with Crippen LogP contribution in [-0.4, -0.2) is 0 Å². The van der Waals surface area contributed by atoms with Gasteiger partial charge in [-0.25, -0.2) is 0 Å². The van der Waals surface area contributed by atoms with Crippen molar-refractivity contribution in [1.29, 1.82) is 0 Å². The monoisotopic (exact) mass is 362 g/mol. The van der Waals surface area contributed by atoms with Crippen molar-refractivity contribution in [2.24, 2.45) is 0 Å². The molecule has 3 aromatic rings. The van der Waals surface area contributed by atoms with Gasteiger partial charge in [0.2, 0.25) is 0 Å². The van der Waals surface area contributed by atoms with Gasteiger partial charge in [0, 0.05) is 8.45 Å². The van der Waals surface area contributed by atoms with Crippen molar-refractivity contribution in [3.8, 4) is 21.6 Å². The highest BCUT2D eigenvalue weighted by Crippen LogP contribution is 2.27. The number of halogens is 1. The van der Waals surface area contributed by atoms with Crippen LogP contribution in [0.15, 0.2) is 66.0 Å². The lowest BCUT2D eigenvalue weighted by Gasteiger charge is -2.03. The number of benzene rings is 2. The molecule has 2 aromatic carbocycles. The molecule has 0 aliphatic carbocycles. The minimum atomic E-state index is 1.27. The Labute approximate surface area is 124 Å². The third-order valence-corrected chi connectivity index (χ3v) is 4.51. The lowest BCUT2D eigenvalue weighted by molar-refractivity contribution is 1.59. The van der Waals surface area contributed by atoms with Crippen LogP contribution >= 0.6 is 33.9 Å². The summed E-state index contributed by atoms with van der Waals surface area (Å²) in [6.45, 7) is 0. The summed E-state index contributed by atoms with van der Waals surface area (Å²) in [5.41, 5.74) is 3.83. The number of hydrogen-bond donors (Lipinski definition) is 0. The van der Waals surface area contributed by atoms with Crippen molar-refractivity contribution in [2.45, 2.75) is 0 Å². The van der Waals surface area contributed by atoms with Crippen LogP contribution in [0.4, 0.5) is 0 Å². The first-order valence-electron chi connectivity index (χ1n) is 5.73. The third kappa shape index (κ3) is 2.49. The summed E-state index contributed by atoms with van der Waals surface area (Å²) in [6.07, 6.45) is 0. The van der Waals surface area contributed by atoms with Gasteiger partial charge >= 0.3 is 0 Å². The Kier molecular flexibility index (Phi) is 3.48. The predicted octanol–water partition coefficient (Wildman–Crippen LogP) is 5.69. The zero-order valence-corrected chi connectivity index (χ0v) is 12.6. The third-order valence-electron chi connectivity index (χ3n) is 2.87. The Morgan fingerprint density at radius 2 is 1.22 bits per heavy atom. The van der Waals surface area contributed by atoms with Gasteiger partial charge in [0.25, 0.3) is 0 Å². The second-order valence-corrected chi connectivity index (χ2v) is 6.25. The van der Waals surface area contributed by atoms with Gasteiger partial charge in [-0.3, -0.25) is 0 Å². The van der Waals surface area contributed by atoms with Crippen LogP contribution in [0.2, 0.25) is 0 Å². The zero-order chi connectivity index (χ0) is 12.4. The van der Waals surface area contributed by atoms with Crippen LogP contribution in [0.1, 0.15) is 0 Å². The SMILES string of the molecule is Ic1ccc(-c2ccc(-c3cccs3)cc2)cc1. The van der Waals surface area contributed by atoms with E-state index in [2.05, 4.69) is 88.6 Å². The highest BCUT2D eigenvalue weighted by atomic mass is 127. The smallest absolute Gasteiger partial charge is 0.0342 e. The Morgan fingerprint density at radius 1 is 0.667 bits per heavy atom. The lowest BCUT2D eigenvalue weighted by atomic mass is 10.0. The van der Waals surface area contributed by atoms with E-state index >= 15 is 0 Å². The molecular weight excluding hydrogens is 351 g/mol. The maximum Gasteiger partial charge on any atom is 0.0342 e. The molecule has 0 atom stereocenters. The molecule has 0 N–H and O–H groups in total. The van der Waals surface area contributed by atoms with E-state index in [1.165, 1.54) is 25.1 Å². The first-order valence-corrected chi connectivity index (χ1v) is 7.69. The quantitative estimate of drug-likeness (QED) is 0.514. The summed E-state index contributed by atoms with van der Waals surface area (Å²) in [5.74, 6) is 0. The van der Waals surface area contributed by atoms with Crippen LogP contribution in [0.3, 0.4) is 0 Å². The van der Waals surface area contributed by atoms with E-state index in [-0.39, 0.29) is 0 Å². The van der Waals surface area contributed by atoms with E-state index in [0.29, 0.717) is 0 Å². The molecular formula is C16H11IS. The van der Waals surface area contributed by atoms with Crippen LogP contribution in [-0.2, 0) is 0 Å². The van der Waals surface area contributed by atoms with E-state index < -0.39 is 0 Å². The molecule has 18 heavy (non-hydrogen) atoms. The molecule has 0 radical (unpaired) electrons. The summed E-state index contributed by atoms with van der Waals surface area (Å²) >= 11 is 4.11. The summed E-state index contributed by atoms with van der Waals surface area (Å²) < 4.78 is 1.27. The fraction of sp³-hybridized carbons (Fsp3) is 0. The molecule has 0 amide bonds. The lowest BCUT2D eigenvalue weighted by Crippen LogP contribution is -1.79. The molecule has 0 aliphatic rings. The maximum absolute atomic E-state index is 2.33. The van der Waals surface area contributed by atoms with Crippen LogP contribution in [0.25, 0.3) is 21.6 Å². The standard InChI is InChI=1S/C16H11IS/c17-15-9-7-13(8-10-15)12-3-5-14(6-4-12)16-2-1-11-18-16/h1-11H. The van der Waals surface area contributed by atoms with Gasteiger partial charge in [-0.1, -0.05) is 42.5 Å². The molecule has 0 saturated carbocycles. The zero-order valence-electron chi connectivity index (χ0n) is 9.64. The topological polar surface area (TPSA) is 0 Å².